The molecule has 0 radical (unpaired) electrons. The molecule has 0 aromatic carbocycles. The Balaban J connectivity index is 1.69. The van der Waals surface area contributed by atoms with Gasteiger partial charge in [0.15, 0.2) is 10.3 Å². The van der Waals surface area contributed by atoms with Crippen molar-refractivity contribution in [3.8, 4) is 0 Å². The van der Waals surface area contributed by atoms with Gasteiger partial charge in [0, 0.05) is 29.0 Å². The van der Waals surface area contributed by atoms with Gasteiger partial charge in [0.25, 0.3) is 5.56 Å². The summed E-state index contributed by atoms with van der Waals surface area (Å²) in [4.78, 5) is 35.9. The highest BCUT2D eigenvalue weighted by molar-refractivity contribution is 7.98. The van der Waals surface area contributed by atoms with E-state index in [-0.39, 0.29) is 17.5 Å². The lowest BCUT2D eigenvalue weighted by molar-refractivity contribution is -0.114. The van der Waals surface area contributed by atoms with Gasteiger partial charge in [-0.3, -0.25) is 14.2 Å². The van der Waals surface area contributed by atoms with Gasteiger partial charge in [-0.1, -0.05) is 24.6 Å². The number of rotatable bonds is 5. The summed E-state index contributed by atoms with van der Waals surface area (Å²) < 4.78 is 1.93. The smallest absolute Gasteiger partial charge is 0.263 e. The molecule has 1 aliphatic rings. The normalized spacial score (nSPS) is 14.8. The molecule has 1 N–H and O–H groups in total. The van der Waals surface area contributed by atoms with Crippen LogP contribution < -0.4 is 10.9 Å². The lowest BCUT2D eigenvalue weighted by Crippen LogP contribution is -2.26. The fraction of sp³-hybridized carbons (Fsp3) is 0.474. The zero-order chi connectivity index (χ0) is 19.8. The lowest BCUT2D eigenvalue weighted by atomic mass is 10.2. The number of carbonyl (C=O) groups is 1. The molecular formula is C19H22N4O2S3. The Morgan fingerprint density at radius 1 is 1.32 bits per heavy atom. The summed E-state index contributed by atoms with van der Waals surface area (Å²) in [6, 6.07) is 0.233. The Labute approximate surface area is 175 Å². The molecule has 0 bridgehead atoms. The van der Waals surface area contributed by atoms with E-state index < -0.39 is 0 Å². The summed E-state index contributed by atoms with van der Waals surface area (Å²) in [5.74, 6) is 0.489. The predicted molar refractivity (Wildman–Crippen MR) is 117 cm³/mol. The van der Waals surface area contributed by atoms with Gasteiger partial charge in [-0.25, -0.2) is 9.97 Å². The molecule has 1 fully saturated rings. The first-order chi connectivity index (χ1) is 13.4. The fourth-order valence-corrected chi connectivity index (χ4v) is 6.48. The van der Waals surface area contributed by atoms with Crippen molar-refractivity contribution in [3.05, 3.63) is 31.9 Å². The molecule has 3 aromatic rings. The SMILES string of the molecule is CC(=O)Nc1nc(CSc2nc3sc(C)c(C)c3c(=O)n2C2CCCC2)cs1. The Morgan fingerprint density at radius 2 is 2.07 bits per heavy atom. The summed E-state index contributed by atoms with van der Waals surface area (Å²) in [5, 5.41) is 6.81. The third-order valence-electron chi connectivity index (χ3n) is 5.08. The number of hydrogen-bond donors (Lipinski definition) is 1. The minimum absolute atomic E-state index is 0.0958. The first kappa shape index (κ1) is 19.6. The van der Waals surface area contributed by atoms with Crippen LogP contribution in [0.15, 0.2) is 15.3 Å². The molecule has 0 spiro atoms. The second-order valence-electron chi connectivity index (χ2n) is 7.09. The highest BCUT2D eigenvalue weighted by Gasteiger charge is 2.25. The number of thioether (sulfide) groups is 1. The Morgan fingerprint density at radius 3 is 2.79 bits per heavy atom. The molecule has 4 rings (SSSR count). The van der Waals surface area contributed by atoms with E-state index in [1.807, 2.05) is 23.8 Å². The number of hydrogen-bond acceptors (Lipinski definition) is 7. The fourth-order valence-electron chi connectivity index (χ4n) is 3.59. The van der Waals surface area contributed by atoms with Crippen LogP contribution in [0.5, 0.6) is 0 Å². The van der Waals surface area contributed by atoms with Crippen molar-refractivity contribution >= 4 is 55.7 Å². The molecule has 1 saturated carbocycles. The van der Waals surface area contributed by atoms with Gasteiger partial charge < -0.3 is 5.32 Å². The Bertz CT molecular complexity index is 1090. The second-order valence-corrected chi connectivity index (χ2v) is 10.1. The average molecular weight is 435 g/mol. The summed E-state index contributed by atoms with van der Waals surface area (Å²) in [5.41, 5.74) is 2.03. The van der Waals surface area contributed by atoms with Crippen molar-refractivity contribution < 1.29 is 4.79 Å². The van der Waals surface area contributed by atoms with E-state index in [9.17, 15) is 9.59 Å². The summed E-state index contributed by atoms with van der Waals surface area (Å²) >= 11 is 4.56. The second kappa shape index (κ2) is 7.96. The van der Waals surface area contributed by atoms with Crippen LogP contribution in [0.3, 0.4) is 0 Å². The third kappa shape index (κ3) is 3.75. The van der Waals surface area contributed by atoms with E-state index in [4.69, 9.17) is 4.98 Å². The van der Waals surface area contributed by atoms with Crippen molar-refractivity contribution in [1.29, 1.82) is 0 Å². The van der Waals surface area contributed by atoms with E-state index in [1.165, 1.54) is 18.3 Å². The van der Waals surface area contributed by atoms with Crippen LogP contribution in [0.4, 0.5) is 5.13 Å². The van der Waals surface area contributed by atoms with E-state index in [0.29, 0.717) is 10.9 Å². The third-order valence-corrected chi connectivity index (χ3v) is 7.97. The van der Waals surface area contributed by atoms with Gasteiger partial charge in [-0.05, 0) is 32.3 Å². The topological polar surface area (TPSA) is 76.9 Å². The van der Waals surface area contributed by atoms with Crippen LogP contribution in [0.1, 0.15) is 54.8 Å². The quantitative estimate of drug-likeness (QED) is 0.457. The van der Waals surface area contributed by atoms with Crippen LogP contribution in [0, 0.1) is 13.8 Å². The standard InChI is InChI=1S/C19H22N4O2S3/c1-10-11(2)28-16-15(10)17(25)23(14-6-4-5-7-14)19(22-16)27-9-13-8-26-18(21-13)20-12(3)24/h8,14H,4-7,9H2,1-3H3,(H,20,21,24). The number of thiophene rings is 1. The number of anilines is 1. The Kier molecular flexibility index (Phi) is 5.57. The molecule has 0 aliphatic heterocycles. The summed E-state index contributed by atoms with van der Waals surface area (Å²) in [6.45, 7) is 5.54. The van der Waals surface area contributed by atoms with Crippen molar-refractivity contribution in [1.82, 2.24) is 14.5 Å². The molecule has 0 atom stereocenters. The maximum Gasteiger partial charge on any atom is 0.263 e. The molecule has 6 nitrogen and oxygen atoms in total. The van der Waals surface area contributed by atoms with Gasteiger partial charge in [0.05, 0.1) is 11.1 Å². The molecule has 1 amide bonds. The number of aromatic nitrogens is 3. The maximum atomic E-state index is 13.4. The van der Waals surface area contributed by atoms with Crippen LogP contribution in [-0.4, -0.2) is 20.4 Å². The lowest BCUT2D eigenvalue weighted by Gasteiger charge is -2.17. The van der Waals surface area contributed by atoms with Gasteiger partial charge >= 0.3 is 0 Å². The van der Waals surface area contributed by atoms with E-state index in [2.05, 4.69) is 10.3 Å². The molecule has 3 aromatic heterocycles. The number of carbonyl (C=O) groups excluding carboxylic acids is 1. The number of nitrogens with one attached hydrogen (secondary N) is 1. The zero-order valence-electron chi connectivity index (χ0n) is 16.1. The summed E-state index contributed by atoms with van der Waals surface area (Å²) in [6.07, 6.45) is 4.39. The first-order valence-corrected chi connectivity index (χ1v) is 12.0. The number of aryl methyl sites for hydroxylation is 2. The van der Waals surface area contributed by atoms with Crippen LogP contribution in [0.25, 0.3) is 10.2 Å². The van der Waals surface area contributed by atoms with Crippen molar-refractivity contribution in [3.63, 3.8) is 0 Å². The summed E-state index contributed by atoms with van der Waals surface area (Å²) in [7, 11) is 0. The highest BCUT2D eigenvalue weighted by Crippen LogP contribution is 2.35. The number of nitrogens with zero attached hydrogens (tertiary/aromatic N) is 3. The largest absolute Gasteiger partial charge is 0.302 e. The van der Waals surface area contributed by atoms with Crippen molar-refractivity contribution in [2.45, 2.75) is 63.4 Å². The van der Waals surface area contributed by atoms with Gasteiger partial charge in [0.1, 0.15) is 4.83 Å². The maximum absolute atomic E-state index is 13.4. The van der Waals surface area contributed by atoms with E-state index in [0.717, 1.165) is 57.2 Å². The monoisotopic (exact) mass is 434 g/mol. The molecule has 0 unspecified atom stereocenters. The van der Waals surface area contributed by atoms with Crippen molar-refractivity contribution in [2.24, 2.45) is 0 Å². The van der Waals surface area contributed by atoms with Crippen LogP contribution in [-0.2, 0) is 10.5 Å². The molecule has 1 aliphatic carbocycles. The average Bonchev–Trinajstić information content (AvgIpc) is 3.35. The van der Waals surface area contributed by atoms with Gasteiger partial charge in [-0.2, -0.15) is 0 Å². The number of thiazole rings is 1. The predicted octanol–water partition coefficient (Wildman–Crippen LogP) is 4.90. The van der Waals surface area contributed by atoms with Gasteiger partial charge in [0.2, 0.25) is 5.91 Å². The number of fused-ring (bicyclic) bond motifs is 1. The van der Waals surface area contributed by atoms with E-state index >= 15 is 0 Å². The number of amides is 1. The molecule has 148 valence electrons. The molecular weight excluding hydrogens is 412 g/mol. The van der Waals surface area contributed by atoms with Crippen molar-refractivity contribution in [2.75, 3.05) is 5.32 Å². The molecule has 28 heavy (non-hydrogen) atoms. The minimum atomic E-state index is -0.126. The van der Waals surface area contributed by atoms with Crippen LogP contribution in [0.2, 0.25) is 0 Å². The molecule has 9 heteroatoms. The minimum Gasteiger partial charge on any atom is -0.302 e. The zero-order valence-corrected chi connectivity index (χ0v) is 18.5. The van der Waals surface area contributed by atoms with Gasteiger partial charge in [-0.15, -0.1) is 22.7 Å². The molecule has 3 heterocycles. The highest BCUT2D eigenvalue weighted by atomic mass is 32.2. The Hall–Kier alpha value is -1.71. The van der Waals surface area contributed by atoms with E-state index in [1.54, 1.807) is 23.1 Å². The molecule has 0 saturated heterocycles. The van der Waals surface area contributed by atoms with Crippen LogP contribution >= 0.6 is 34.4 Å². The first-order valence-electron chi connectivity index (χ1n) is 9.31.